The molecule has 1 aliphatic rings. The van der Waals surface area contributed by atoms with Gasteiger partial charge >= 0.3 is 0 Å². The number of ether oxygens (including phenoxy) is 1. The SMILES string of the molecule is CCCC(=O)Nc1nnc([C@H]2CCCO2)s1. The Morgan fingerprint density at radius 2 is 2.50 bits per heavy atom. The molecule has 0 aromatic carbocycles. The fraction of sp³-hybridized carbons (Fsp3) is 0.700. The van der Waals surface area contributed by atoms with Crippen LogP contribution in [0.3, 0.4) is 0 Å². The van der Waals surface area contributed by atoms with Crippen LogP contribution in [0.5, 0.6) is 0 Å². The second kappa shape index (κ2) is 5.36. The first-order valence-corrected chi connectivity index (χ1v) is 6.36. The Morgan fingerprint density at radius 1 is 1.62 bits per heavy atom. The quantitative estimate of drug-likeness (QED) is 0.877. The molecule has 6 heteroatoms. The molecule has 2 rings (SSSR count). The van der Waals surface area contributed by atoms with E-state index in [2.05, 4.69) is 15.5 Å². The molecule has 5 nitrogen and oxygen atoms in total. The number of nitrogens with zero attached hydrogens (tertiary/aromatic N) is 2. The number of amides is 1. The number of carbonyl (C=O) groups excluding carboxylic acids is 1. The summed E-state index contributed by atoms with van der Waals surface area (Å²) in [6, 6.07) is 0. The van der Waals surface area contributed by atoms with E-state index in [9.17, 15) is 4.79 Å². The predicted molar refractivity (Wildman–Crippen MR) is 61.4 cm³/mol. The molecule has 1 N–H and O–H groups in total. The third-order valence-corrected chi connectivity index (χ3v) is 3.30. The average molecular weight is 241 g/mol. The van der Waals surface area contributed by atoms with Crippen LogP contribution >= 0.6 is 11.3 Å². The number of hydrogen-bond donors (Lipinski definition) is 1. The predicted octanol–water partition coefficient (Wildman–Crippen LogP) is 2.13. The fourth-order valence-corrected chi connectivity index (χ4v) is 2.44. The van der Waals surface area contributed by atoms with Crippen molar-refractivity contribution in [3.05, 3.63) is 5.01 Å². The van der Waals surface area contributed by atoms with Crippen LogP contribution in [0.2, 0.25) is 0 Å². The first-order chi connectivity index (χ1) is 7.79. The highest BCUT2D eigenvalue weighted by atomic mass is 32.1. The molecule has 1 aliphatic heterocycles. The van der Waals surface area contributed by atoms with Gasteiger partial charge in [0.15, 0.2) is 0 Å². The summed E-state index contributed by atoms with van der Waals surface area (Å²) in [6.45, 7) is 2.76. The van der Waals surface area contributed by atoms with Crippen molar-refractivity contribution in [3.8, 4) is 0 Å². The number of rotatable bonds is 4. The summed E-state index contributed by atoms with van der Waals surface area (Å²) < 4.78 is 5.50. The highest BCUT2D eigenvalue weighted by Gasteiger charge is 2.22. The van der Waals surface area contributed by atoms with Gasteiger partial charge in [-0.3, -0.25) is 4.79 Å². The average Bonchev–Trinajstić information content (AvgIpc) is 2.86. The normalized spacial score (nSPS) is 19.9. The van der Waals surface area contributed by atoms with E-state index in [0.717, 1.165) is 30.9 Å². The lowest BCUT2D eigenvalue weighted by Crippen LogP contribution is -2.10. The van der Waals surface area contributed by atoms with Gasteiger partial charge in [-0.25, -0.2) is 0 Å². The zero-order chi connectivity index (χ0) is 11.4. The lowest BCUT2D eigenvalue weighted by Gasteiger charge is -2.02. The summed E-state index contributed by atoms with van der Waals surface area (Å²) >= 11 is 1.41. The summed E-state index contributed by atoms with van der Waals surface area (Å²) in [5.74, 6) is -0.00228. The third-order valence-electron chi connectivity index (χ3n) is 2.37. The van der Waals surface area contributed by atoms with Crippen molar-refractivity contribution in [1.82, 2.24) is 10.2 Å². The zero-order valence-corrected chi connectivity index (χ0v) is 10.0. The second-order valence-corrected chi connectivity index (χ2v) is 4.75. The van der Waals surface area contributed by atoms with Crippen LogP contribution in [0.4, 0.5) is 5.13 Å². The standard InChI is InChI=1S/C10H15N3O2S/c1-2-4-8(14)11-10-13-12-9(16-10)7-5-3-6-15-7/h7H,2-6H2,1H3,(H,11,13,14)/t7-/m1/s1. The molecule has 0 saturated carbocycles. The summed E-state index contributed by atoms with van der Waals surface area (Å²) in [5, 5.41) is 12.2. The largest absolute Gasteiger partial charge is 0.371 e. The molecule has 1 atom stereocenters. The van der Waals surface area contributed by atoms with Gasteiger partial charge in [-0.05, 0) is 19.3 Å². The highest BCUT2D eigenvalue weighted by molar-refractivity contribution is 7.15. The molecule has 16 heavy (non-hydrogen) atoms. The molecular formula is C10H15N3O2S. The molecule has 0 bridgehead atoms. The Labute approximate surface area is 98.2 Å². The van der Waals surface area contributed by atoms with Gasteiger partial charge in [0.05, 0.1) is 0 Å². The minimum atomic E-state index is -0.00228. The van der Waals surface area contributed by atoms with Crippen molar-refractivity contribution >= 4 is 22.4 Å². The van der Waals surface area contributed by atoms with E-state index in [4.69, 9.17) is 4.74 Å². The van der Waals surface area contributed by atoms with Crippen molar-refractivity contribution in [2.45, 2.75) is 38.7 Å². The van der Waals surface area contributed by atoms with Crippen LogP contribution in [-0.4, -0.2) is 22.7 Å². The fourth-order valence-electron chi connectivity index (χ4n) is 1.60. The van der Waals surface area contributed by atoms with E-state index in [1.807, 2.05) is 6.92 Å². The minimum absolute atomic E-state index is 0.00228. The number of carbonyl (C=O) groups is 1. The maximum Gasteiger partial charge on any atom is 0.226 e. The first-order valence-electron chi connectivity index (χ1n) is 5.54. The molecule has 1 saturated heterocycles. The molecular weight excluding hydrogens is 226 g/mol. The Kier molecular flexibility index (Phi) is 3.84. The summed E-state index contributed by atoms with van der Waals surface area (Å²) in [4.78, 5) is 11.3. The number of anilines is 1. The van der Waals surface area contributed by atoms with Gasteiger partial charge in [-0.2, -0.15) is 0 Å². The van der Waals surface area contributed by atoms with Gasteiger partial charge in [-0.15, -0.1) is 10.2 Å². The summed E-state index contributed by atoms with van der Waals surface area (Å²) in [6.07, 6.45) is 3.51. The van der Waals surface area contributed by atoms with Crippen LogP contribution < -0.4 is 5.32 Å². The lowest BCUT2D eigenvalue weighted by atomic mass is 10.2. The monoisotopic (exact) mass is 241 g/mol. The van der Waals surface area contributed by atoms with E-state index in [-0.39, 0.29) is 12.0 Å². The second-order valence-electron chi connectivity index (χ2n) is 3.75. The van der Waals surface area contributed by atoms with Crippen LogP contribution in [-0.2, 0) is 9.53 Å². The maximum absolute atomic E-state index is 11.3. The van der Waals surface area contributed by atoms with E-state index < -0.39 is 0 Å². The van der Waals surface area contributed by atoms with Crippen LogP contribution in [0.1, 0.15) is 43.7 Å². The van der Waals surface area contributed by atoms with Crippen molar-refractivity contribution in [2.75, 3.05) is 11.9 Å². The Bertz CT molecular complexity index is 361. The van der Waals surface area contributed by atoms with Crippen LogP contribution in [0, 0.1) is 0 Å². The topological polar surface area (TPSA) is 64.1 Å². The van der Waals surface area contributed by atoms with Gasteiger partial charge in [-0.1, -0.05) is 18.3 Å². The number of aromatic nitrogens is 2. The third kappa shape index (κ3) is 2.76. The van der Waals surface area contributed by atoms with E-state index in [0.29, 0.717) is 11.6 Å². The van der Waals surface area contributed by atoms with E-state index in [1.54, 1.807) is 0 Å². The number of nitrogens with one attached hydrogen (secondary N) is 1. The van der Waals surface area contributed by atoms with Crippen molar-refractivity contribution in [3.63, 3.8) is 0 Å². The van der Waals surface area contributed by atoms with E-state index in [1.165, 1.54) is 11.3 Å². The van der Waals surface area contributed by atoms with Crippen molar-refractivity contribution in [1.29, 1.82) is 0 Å². The van der Waals surface area contributed by atoms with Gasteiger partial charge in [0.25, 0.3) is 0 Å². The maximum atomic E-state index is 11.3. The molecule has 1 amide bonds. The van der Waals surface area contributed by atoms with Crippen molar-refractivity contribution in [2.24, 2.45) is 0 Å². The minimum Gasteiger partial charge on any atom is -0.371 e. The molecule has 1 aromatic heterocycles. The van der Waals surface area contributed by atoms with Gasteiger partial charge in [0, 0.05) is 13.0 Å². The molecule has 0 spiro atoms. The molecule has 0 unspecified atom stereocenters. The molecule has 88 valence electrons. The van der Waals surface area contributed by atoms with Gasteiger partial charge in [0.1, 0.15) is 11.1 Å². The summed E-state index contributed by atoms with van der Waals surface area (Å²) in [5.41, 5.74) is 0. The molecule has 1 fully saturated rings. The van der Waals surface area contributed by atoms with Gasteiger partial charge < -0.3 is 10.1 Å². The summed E-state index contributed by atoms with van der Waals surface area (Å²) in [7, 11) is 0. The first kappa shape index (κ1) is 11.5. The molecule has 2 heterocycles. The van der Waals surface area contributed by atoms with Crippen molar-refractivity contribution < 1.29 is 9.53 Å². The Balaban J connectivity index is 1.93. The molecule has 0 radical (unpaired) electrons. The smallest absolute Gasteiger partial charge is 0.226 e. The Hall–Kier alpha value is -1.01. The van der Waals surface area contributed by atoms with Gasteiger partial charge in [0.2, 0.25) is 11.0 Å². The molecule has 0 aliphatic carbocycles. The van der Waals surface area contributed by atoms with E-state index >= 15 is 0 Å². The zero-order valence-electron chi connectivity index (χ0n) is 9.23. The van der Waals surface area contributed by atoms with Crippen LogP contribution in [0.25, 0.3) is 0 Å². The number of hydrogen-bond acceptors (Lipinski definition) is 5. The highest BCUT2D eigenvalue weighted by Crippen LogP contribution is 2.31. The lowest BCUT2D eigenvalue weighted by molar-refractivity contribution is -0.116. The Morgan fingerprint density at radius 3 is 3.19 bits per heavy atom. The van der Waals surface area contributed by atoms with Crippen LogP contribution in [0.15, 0.2) is 0 Å². The molecule has 1 aromatic rings.